The fourth-order valence-electron chi connectivity index (χ4n) is 3.16. The highest BCUT2D eigenvalue weighted by molar-refractivity contribution is 5.55. The molecule has 2 heteroatoms. The Balaban J connectivity index is 2.21. The molecule has 1 saturated heterocycles. The van der Waals surface area contributed by atoms with Gasteiger partial charge < -0.3 is 4.90 Å². The fourth-order valence-corrected chi connectivity index (χ4v) is 3.16. The minimum Gasteiger partial charge on any atom is -0.371 e. The monoisotopic (exact) mass is 256 g/mol. The average molecular weight is 256 g/mol. The molecule has 1 aromatic carbocycles. The van der Waals surface area contributed by atoms with Gasteiger partial charge in [0, 0.05) is 25.2 Å². The second-order valence-electron chi connectivity index (χ2n) is 6.55. The number of piperidine rings is 1. The van der Waals surface area contributed by atoms with Gasteiger partial charge in [0.2, 0.25) is 0 Å². The Kier molecular flexibility index (Phi) is 3.85. The molecule has 1 aliphatic rings. The summed E-state index contributed by atoms with van der Waals surface area (Å²) in [5.74, 6) is 0.527. The van der Waals surface area contributed by atoms with Crippen LogP contribution in [0, 0.1) is 36.5 Å². The van der Waals surface area contributed by atoms with Gasteiger partial charge in [-0.05, 0) is 48.8 Å². The molecule has 1 fully saturated rings. The minimum absolute atomic E-state index is 0.212. The van der Waals surface area contributed by atoms with E-state index in [1.807, 2.05) is 0 Å². The molecule has 0 bridgehead atoms. The van der Waals surface area contributed by atoms with Crippen molar-refractivity contribution < 1.29 is 0 Å². The molecule has 0 radical (unpaired) electrons. The van der Waals surface area contributed by atoms with E-state index < -0.39 is 0 Å². The third-order valence-electron chi connectivity index (χ3n) is 4.49. The zero-order chi connectivity index (χ0) is 14.0. The van der Waals surface area contributed by atoms with E-state index in [4.69, 9.17) is 5.26 Å². The van der Waals surface area contributed by atoms with Crippen LogP contribution in [0.2, 0.25) is 0 Å². The maximum atomic E-state index is 8.95. The summed E-state index contributed by atoms with van der Waals surface area (Å²) in [6.07, 6.45) is 1.81. The van der Waals surface area contributed by atoms with Crippen molar-refractivity contribution in [3.8, 4) is 6.07 Å². The van der Waals surface area contributed by atoms with Gasteiger partial charge in [0.25, 0.3) is 0 Å². The summed E-state index contributed by atoms with van der Waals surface area (Å²) in [5, 5.41) is 8.95. The van der Waals surface area contributed by atoms with E-state index in [-0.39, 0.29) is 5.41 Å². The highest BCUT2D eigenvalue weighted by atomic mass is 15.1. The van der Waals surface area contributed by atoms with E-state index in [0.29, 0.717) is 12.3 Å². The van der Waals surface area contributed by atoms with Crippen molar-refractivity contribution in [3.63, 3.8) is 0 Å². The average Bonchev–Trinajstić information content (AvgIpc) is 2.34. The summed E-state index contributed by atoms with van der Waals surface area (Å²) in [7, 11) is 0. The molecule has 2 nitrogen and oxygen atoms in total. The smallest absolute Gasteiger partial charge is 0.0624 e. The normalized spacial score (nSPS) is 22.1. The van der Waals surface area contributed by atoms with Crippen molar-refractivity contribution in [2.45, 2.75) is 40.5 Å². The first-order valence-corrected chi connectivity index (χ1v) is 7.13. The SMILES string of the molecule is Cc1ccc(C)c(N2CCC(CC#N)C(C)(C)C2)c1. The Morgan fingerprint density at radius 2 is 2.11 bits per heavy atom. The van der Waals surface area contributed by atoms with Gasteiger partial charge in [-0.1, -0.05) is 26.0 Å². The molecule has 102 valence electrons. The molecule has 2 rings (SSSR count). The van der Waals surface area contributed by atoms with Crippen molar-refractivity contribution >= 4 is 5.69 Å². The quantitative estimate of drug-likeness (QED) is 0.797. The molecule has 0 aromatic heterocycles. The predicted octanol–water partition coefficient (Wildman–Crippen LogP) is 4.07. The van der Waals surface area contributed by atoms with Crippen LogP contribution in [0.25, 0.3) is 0 Å². The van der Waals surface area contributed by atoms with E-state index in [0.717, 1.165) is 19.5 Å². The number of anilines is 1. The highest BCUT2D eigenvalue weighted by Crippen LogP contribution is 2.39. The van der Waals surface area contributed by atoms with Crippen LogP contribution >= 0.6 is 0 Å². The molecule has 0 spiro atoms. The van der Waals surface area contributed by atoms with Crippen LogP contribution in [0.3, 0.4) is 0 Å². The van der Waals surface area contributed by atoms with Crippen molar-refractivity contribution in [1.82, 2.24) is 0 Å². The summed E-state index contributed by atoms with van der Waals surface area (Å²) < 4.78 is 0. The summed E-state index contributed by atoms with van der Waals surface area (Å²) >= 11 is 0. The zero-order valence-corrected chi connectivity index (χ0v) is 12.5. The number of nitriles is 1. The Morgan fingerprint density at radius 3 is 2.74 bits per heavy atom. The number of nitrogens with zero attached hydrogens (tertiary/aromatic N) is 2. The van der Waals surface area contributed by atoms with Crippen molar-refractivity contribution in [3.05, 3.63) is 29.3 Å². The van der Waals surface area contributed by atoms with Gasteiger partial charge in [0.1, 0.15) is 0 Å². The summed E-state index contributed by atoms with van der Waals surface area (Å²) in [6, 6.07) is 9.02. The lowest BCUT2D eigenvalue weighted by atomic mass is 9.72. The molecular weight excluding hydrogens is 232 g/mol. The first-order chi connectivity index (χ1) is 8.94. The van der Waals surface area contributed by atoms with Crippen LogP contribution in [-0.2, 0) is 0 Å². The highest BCUT2D eigenvalue weighted by Gasteiger charge is 2.35. The number of benzene rings is 1. The third-order valence-corrected chi connectivity index (χ3v) is 4.49. The second-order valence-corrected chi connectivity index (χ2v) is 6.55. The van der Waals surface area contributed by atoms with Crippen LogP contribution in [0.1, 0.15) is 37.8 Å². The number of aryl methyl sites for hydroxylation is 2. The topological polar surface area (TPSA) is 27.0 Å². The van der Waals surface area contributed by atoms with Gasteiger partial charge in [0.05, 0.1) is 6.07 Å². The predicted molar refractivity (Wildman–Crippen MR) is 80.2 cm³/mol. The van der Waals surface area contributed by atoms with Gasteiger partial charge >= 0.3 is 0 Å². The Hall–Kier alpha value is -1.49. The first kappa shape index (κ1) is 13.9. The Morgan fingerprint density at radius 1 is 1.37 bits per heavy atom. The maximum Gasteiger partial charge on any atom is 0.0624 e. The summed E-state index contributed by atoms with van der Waals surface area (Å²) in [5.41, 5.74) is 4.24. The van der Waals surface area contributed by atoms with Crippen molar-refractivity contribution in [1.29, 1.82) is 5.26 Å². The van der Waals surface area contributed by atoms with E-state index >= 15 is 0 Å². The maximum absolute atomic E-state index is 8.95. The van der Waals surface area contributed by atoms with Gasteiger partial charge in [-0.25, -0.2) is 0 Å². The third kappa shape index (κ3) is 2.92. The van der Waals surface area contributed by atoms with Crippen LogP contribution in [0.4, 0.5) is 5.69 Å². The van der Waals surface area contributed by atoms with Gasteiger partial charge in [-0.2, -0.15) is 5.26 Å². The number of hydrogen-bond acceptors (Lipinski definition) is 2. The van der Waals surface area contributed by atoms with E-state index in [2.05, 4.69) is 56.9 Å². The van der Waals surface area contributed by atoms with Crippen LogP contribution in [0.5, 0.6) is 0 Å². The van der Waals surface area contributed by atoms with Crippen molar-refractivity contribution in [2.24, 2.45) is 11.3 Å². The van der Waals surface area contributed by atoms with Gasteiger partial charge in [0.15, 0.2) is 0 Å². The summed E-state index contributed by atoms with van der Waals surface area (Å²) in [6.45, 7) is 11.0. The van der Waals surface area contributed by atoms with Gasteiger partial charge in [-0.3, -0.25) is 0 Å². The number of hydrogen-bond donors (Lipinski definition) is 0. The molecule has 1 aliphatic heterocycles. The lowest BCUT2D eigenvalue weighted by molar-refractivity contribution is 0.179. The molecule has 0 aliphatic carbocycles. The molecule has 1 heterocycles. The fraction of sp³-hybridized carbons (Fsp3) is 0.588. The van der Waals surface area contributed by atoms with Crippen LogP contribution < -0.4 is 4.90 Å². The molecule has 1 unspecified atom stereocenters. The number of rotatable bonds is 2. The molecular formula is C17H24N2. The lowest BCUT2D eigenvalue weighted by Gasteiger charge is -2.45. The molecule has 0 saturated carbocycles. The minimum atomic E-state index is 0.212. The molecule has 1 atom stereocenters. The summed E-state index contributed by atoms with van der Waals surface area (Å²) in [4.78, 5) is 2.50. The van der Waals surface area contributed by atoms with Crippen LogP contribution in [0.15, 0.2) is 18.2 Å². The van der Waals surface area contributed by atoms with Crippen molar-refractivity contribution in [2.75, 3.05) is 18.0 Å². The Labute approximate surface area is 117 Å². The second kappa shape index (κ2) is 5.25. The van der Waals surface area contributed by atoms with Gasteiger partial charge in [-0.15, -0.1) is 0 Å². The zero-order valence-electron chi connectivity index (χ0n) is 12.5. The molecule has 19 heavy (non-hydrogen) atoms. The molecule has 1 aromatic rings. The van der Waals surface area contributed by atoms with Crippen LogP contribution in [-0.4, -0.2) is 13.1 Å². The van der Waals surface area contributed by atoms with E-state index in [1.165, 1.54) is 16.8 Å². The Bertz CT molecular complexity index is 496. The lowest BCUT2D eigenvalue weighted by Crippen LogP contribution is -2.46. The molecule has 0 amide bonds. The standard InChI is InChI=1S/C17H24N2/c1-13-5-6-14(2)16(11-13)19-10-8-15(7-9-18)17(3,4)12-19/h5-6,11,15H,7-8,10,12H2,1-4H3. The first-order valence-electron chi connectivity index (χ1n) is 7.13. The van der Waals surface area contributed by atoms with E-state index in [9.17, 15) is 0 Å². The van der Waals surface area contributed by atoms with E-state index in [1.54, 1.807) is 0 Å². The largest absolute Gasteiger partial charge is 0.371 e. The molecule has 0 N–H and O–H groups in total.